The van der Waals surface area contributed by atoms with E-state index in [1.54, 1.807) is 0 Å². The van der Waals surface area contributed by atoms with E-state index in [-0.39, 0.29) is 5.41 Å². The molecule has 1 N–H and O–H groups in total. The summed E-state index contributed by atoms with van der Waals surface area (Å²) >= 11 is 0. The van der Waals surface area contributed by atoms with Crippen LogP contribution in [-0.4, -0.2) is 5.11 Å². The summed E-state index contributed by atoms with van der Waals surface area (Å²) < 4.78 is 0. The molecule has 0 spiro atoms. The molecule has 0 fully saturated rings. The van der Waals surface area contributed by atoms with E-state index in [0.717, 1.165) is 23.1 Å². The number of hydrogen-bond donors (Lipinski definition) is 1. The maximum absolute atomic E-state index is 11.8. The van der Waals surface area contributed by atoms with Crippen molar-refractivity contribution in [2.75, 3.05) is 0 Å². The summed E-state index contributed by atoms with van der Waals surface area (Å²) in [6.45, 7) is 4.39. The van der Waals surface area contributed by atoms with Gasteiger partial charge < -0.3 is 5.11 Å². The second kappa shape index (κ2) is 5.58. The average molecular weight is 290 g/mol. The molecule has 1 heteroatoms. The molecular weight excluding hydrogens is 268 g/mol. The minimum absolute atomic E-state index is 0.0881. The van der Waals surface area contributed by atoms with Crippen molar-refractivity contribution in [3.63, 3.8) is 0 Å². The summed E-state index contributed by atoms with van der Waals surface area (Å²) in [5, 5.41) is 11.8. The van der Waals surface area contributed by atoms with Gasteiger partial charge in [0.05, 0.1) is 0 Å². The lowest BCUT2D eigenvalue weighted by Crippen LogP contribution is -2.37. The van der Waals surface area contributed by atoms with E-state index in [4.69, 9.17) is 0 Å². The Hall–Kier alpha value is -2.12. The molecular formula is C21H22O. The molecule has 1 aliphatic carbocycles. The highest BCUT2D eigenvalue weighted by Gasteiger charge is 2.42. The fourth-order valence-electron chi connectivity index (χ4n) is 3.31. The molecule has 112 valence electrons. The Bertz CT molecular complexity index is 654. The standard InChI is InChI=1S/C21H22O/c1-20(2)16-10-9-15-19(20)21(22,17-11-5-3-6-12-17)18-13-7-4-8-14-18/h3-15,22H,16H2,1-2H3. The third-order valence-electron chi connectivity index (χ3n) is 4.53. The molecule has 0 aromatic heterocycles. The van der Waals surface area contributed by atoms with E-state index in [1.165, 1.54) is 0 Å². The Morgan fingerprint density at radius 2 is 1.36 bits per heavy atom. The van der Waals surface area contributed by atoms with E-state index in [0.29, 0.717) is 0 Å². The van der Waals surface area contributed by atoms with Gasteiger partial charge in [0, 0.05) is 0 Å². The van der Waals surface area contributed by atoms with Crippen molar-refractivity contribution in [2.45, 2.75) is 25.9 Å². The highest BCUT2D eigenvalue weighted by molar-refractivity contribution is 5.49. The zero-order valence-corrected chi connectivity index (χ0v) is 13.2. The Morgan fingerprint density at radius 3 is 1.82 bits per heavy atom. The van der Waals surface area contributed by atoms with Gasteiger partial charge in [0.1, 0.15) is 5.60 Å². The number of benzene rings is 2. The highest BCUT2D eigenvalue weighted by Crippen LogP contribution is 2.48. The van der Waals surface area contributed by atoms with E-state index >= 15 is 0 Å². The topological polar surface area (TPSA) is 20.2 Å². The van der Waals surface area contributed by atoms with Gasteiger partial charge in [-0.25, -0.2) is 0 Å². The highest BCUT2D eigenvalue weighted by atomic mass is 16.3. The molecule has 0 saturated heterocycles. The van der Waals surface area contributed by atoms with Gasteiger partial charge in [-0.1, -0.05) is 92.7 Å². The molecule has 0 amide bonds. The molecule has 0 radical (unpaired) electrons. The number of hydrogen-bond acceptors (Lipinski definition) is 1. The van der Waals surface area contributed by atoms with Crippen LogP contribution in [-0.2, 0) is 5.60 Å². The predicted octanol–water partition coefficient (Wildman–Crippen LogP) is 4.84. The smallest absolute Gasteiger partial charge is 0.137 e. The van der Waals surface area contributed by atoms with Crippen LogP contribution in [0.4, 0.5) is 0 Å². The minimum atomic E-state index is -1.10. The molecule has 0 aliphatic heterocycles. The second-order valence-electron chi connectivity index (χ2n) is 6.54. The third kappa shape index (κ3) is 2.42. The first kappa shape index (κ1) is 14.8. The number of aliphatic hydroxyl groups is 1. The van der Waals surface area contributed by atoms with Crippen molar-refractivity contribution in [2.24, 2.45) is 5.41 Å². The third-order valence-corrected chi connectivity index (χ3v) is 4.53. The summed E-state index contributed by atoms with van der Waals surface area (Å²) in [5.74, 6) is 0. The quantitative estimate of drug-likeness (QED) is 0.858. The maximum Gasteiger partial charge on any atom is 0.137 e. The van der Waals surface area contributed by atoms with Crippen LogP contribution in [0.3, 0.4) is 0 Å². The van der Waals surface area contributed by atoms with Crippen LogP contribution in [0.15, 0.2) is 84.5 Å². The van der Waals surface area contributed by atoms with Crippen LogP contribution < -0.4 is 0 Å². The van der Waals surface area contributed by atoms with Gasteiger partial charge >= 0.3 is 0 Å². The van der Waals surface area contributed by atoms with Gasteiger partial charge in [-0.3, -0.25) is 0 Å². The van der Waals surface area contributed by atoms with Crippen molar-refractivity contribution in [3.05, 3.63) is 95.6 Å². The van der Waals surface area contributed by atoms with Crippen LogP contribution in [0, 0.1) is 5.41 Å². The normalized spacial score (nSPS) is 17.1. The minimum Gasteiger partial charge on any atom is -0.376 e. The largest absolute Gasteiger partial charge is 0.376 e. The fraction of sp³-hybridized carbons (Fsp3) is 0.238. The lowest BCUT2D eigenvalue weighted by Gasteiger charge is -2.41. The second-order valence-corrected chi connectivity index (χ2v) is 6.54. The van der Waals surface area contributed by atoms with Crippen LogP contribution >= 0.6 is 0 Å². The zero-order chi connectivity index (χ0) is 15.6. The Morgan fingerprint density at radius 1 is 0.864 bits per heavy atom. The summed E-state index contributed by atoms with van der Waals surface area (Å²) in [6.07, 6.45) is 7.22. The zero-order valence-electron chi connectivity index (χ0n) is 13.2. The Kier molecular flexibility index (Phi) is 3.76. The van der Waals surface area contributed by atoms with Gasteiger partial charge in [-0.15, -0.1) is 0 Å². The monoisotopic (exact) mass is 290 g/mol. The SMILES string of the molecule is CC1(C)CC=CC=C1C(O)(c1ccccc1)c1ccccc1. The Balaban J connectivity index is 2.25. The van der Waals surface area contributed by atoms with Crippen molar-refractivity contribution in [1.29, 1.82) is 0 Å². The molecule has 1 nitrogen and oxygen atoms in total. The Labute approximate surface area is 132 Å². The van der Waals surface area contributed by atoms with Crippen LogP contribution in [0.1, 0.15) is 31.4 Å². The number of allylic oxidation sites excluding steroid dienone is 3. The fourth-order valence-corrected chi connectivity index (χ4v) is 3.31. The summed E-state index contributed by atoms with van der Waals surface area (Å²) in [7, 11) is 0. The lowest BCUT2D eigenvalue weighted by molar-refractivity contribution is 0.0951. The molecule has 0 bridgehead atoms. The summed E-state index contributed by atoms with van der Waals surface area (Å²) in [5.41, 5.74) is 1.68. The van der Waals surface area contributed by atoms with E-state index in [9.17, 15) is 5.11 Å². The van der Waals surface area contributed by atoms with Crippen LogP contribution in [0.25, 0.3) is 0 Å². The van der Waals surface area contributed by atoms with Gasteiger partial charge in [-0.05, 0) is 28.5 Å². The van der Waals surface area contributed by atoms with Crippen molar-refractivity contribution < 1.29 is 5.11 Å². The first-order valence-electron chi connectivity index (χ1n) is 7.76. The van der Waals surface area contributed by atoms with Gasteiger partial charge in [0.2, 0.25) is 0 Å². The van der Waals surface area contributed by atoms with Crippen LogP contribution in [0.2, 0.25) is 0 Å². The summed E-state index contributed by atoms with van der Waals surface area (Å²) in [4.78, 5) is 0. The first-order chi connectivity index (χ1) is 10.5. The van der Waals surface area contributed by atoms with Crippen molar-refractivity contribution >= 4 is 0 Å². The average Bonchev–Trinajstić information content (AvgIpc) is 2.55. The molecule has 2 aromatic carbocycles. The van der Waals surface area contributed by atoms with E-state index in [1.807, 2.05) is 60.7 Å². The summed E-state index contributed by atoms with van der Waals surface area (Å²) in [6, 6.07) is 19.9. The molecule has 0 atom stereocenters. The lowest BCUT2D eigenvalue weighted by atomic mass is 9.66. The van der Waals surface area contributed by atoms with E-state index in [2.05, 4.69) is 32.1 Å². The molecule has 1 aliphatic rings. The van der Waals surface area contributed by atoms with Crippen molar-refractivity contribution in [1.82, 2.24) is 0 Å². The molecule has 22 heavy (non-hydrogen) atoms. The first-order valence-corrected chi connectivity index (χ1v) is 7.76. The number of rotatable bonds is 3. The maximum atomic E-state index is 11.8. The van der Waals surface area contributed by atoms with E-state index < -0.39 is 5.60 Å². The van der Waals surface area contributed by atoms with Crippen LogP contribution in [0.5, 0.6) is 0 Å². The predicted molar refractivity (Wildman–Crippen MR) is 91.5 cm³/mol. The molecule has 2 aromatic rings. The van der Waals surface area contributed by atoms with Gasteiger partial charge in [-0.2, -0.15) is 0 Å². The van der Waals surface area contributed by atoms with Crippen molar-refractivity contribution in [3.8, 4) is 0 Å². The molecule has 0 unspecified atom stereocenters. The van der Waals surface area contributed by atoms with Gasteiger partial charge in [0.15, 0.2) is 0 Å². The molecule has 0 saturated carbocycles. The molecule has 3 rings (SSSR count). The molecule has 0 heterocycles. The van der Waals surface area contributed by atoms with Gasteiger partial charge in [0.25, 0.3) is 0 Å².